The molecule has 2 rings (SSSR count). The Labute approximate surface area is 107 Å². The van der Waals surface area contributed by atoms with Crippen LogP contribution in [0.5, 0.6) is 0 Å². The van der Waals surface area contributed by atoms with Gasteiger partial charge in [0, 0.05) is 32.4 Å². The molecule has 0 atom stereocenters. The smallest absolute Gasteiger partial charge is 0.148 e. The molecule has 0 aromatic carbocycles. The third-order valence-corrected chi connectivity index (χ3v) is 2.87. The van der Waals surface area contributed by atoms with Gasteiger partial charge in [-0.1, -0.05) is 13.3 Å². The number of aromatic nitrogens is 4. The lowest BCUT2D eigenvalue weighted by atomic mass is 10.2. The molecule has 0 amide bonds. The second-order valence-corrected chi connectivity index (χ2v) is 4.46. The van der Waals surface area contributed by atoms with Crippen LogP contribution in [0.4, 0.5) is 11.5 Å². The molecular formula is C12H20N6. The van der Waals surface area contributed by atoms with Gasteiger partial charge in [0.15, 0.2) is 0 Å². The molecule has 0 unspecified atom stereocenters. The fraction of sp³-hybridized carbons (Fsp3) is 0.500. The van der Waals surface area contributed by atoms with Gasteiger partial charge in [0.2, 0.25) is 0 Å². The van der Waals surface area contributed by atoms with Crippen molar-refractivity contribution in [3.63, 3.8) is 0 Å². The number of hydrogen-bond acceptors (Lipinski definition) is 4. The third-order valence-electron chi connectivity index (χ3n) is 2.87. The lowest BCUT2D eigenvalue weighted by Crippen LogP contribution is -2.05. The van der Waals surface area contributed by atoms with Crippen molar-refractivity contribution in [1.82, 2.24) is 19.6 Å². The molecule has 98 valence electrons. The highest BCUT2D eigenvalue weighted by atomic mass is 15.3. The Kier molecular flexibility index (Phi) is 3.55. The van der Waals surface area contributed by atoms with Gasteiger partial charge in [-0.25, -0.2) is 0 Å². The fourth-order valence-corrected chi connectivity index (χ4v) is 1.98. The van der Waals surface area contributed by atoms with Gasteiger partial charge in [0.05, 0.1) is 17.6 Å². The van der Waals surface area contributed by atoms with Crippen molar-refractivity contribution in [2.75, 3.05) is 11.1 Å². The molecule has 2 aromatic heterocycles. The molecule has 0 bridgehead atoms. The lowest BCUT2D eigenvalue weighted by Gasteiger charge is -2.06. The van der Waals surface area contributed by atoms with Crippen LogP contribution >= 0.6 is 0 Å². The molecule has 0 aliphatic rings. The first kappa shape index (κ1) is 12.5. The Morgan fingerprint density at radius 3 is 2.78 bits per heavy atom. The first-order chi connectivity index (χ1) is 8.61. The van der Waals surface area contributed by atoms with Gasteiger partial charge in [-0.2, -0.15) is 10.2 Å². The van der Waals surface area contributed by atoms with Gasteiger partial charge in [-0.05, 0) is 6.42 Å². The number of nitrogens with one attached hydrogen (secondary N) is 1. The molecule has 0 aliphatic carbocycles. The SMILES string of the molecule is CCCc1nn(C)c(NCc2cnn(C)c2)c1N. The lowest BCUT2D eigenvalue weighted by molar-refractivity contribution is 0.735. The average molecular weight is 248 g/mol. The van der Waals surface area contributed by atoms with Crippen LogP contribution in [-0.4, -0.2) is 19.6 Å². The Hall–Kier alpha value is -1.98. The molecule has 0 aliphatic heterocycles. The molecule has 6 heteroatoms. The van der Waals surface area contributed by atoms with Gasteiger partial charge in [0.1, 0.15) is 5.82 Å². The number of nitrogens with two attached hydrogens (primary N) is 1. The van der Waals surface area contributed by atoms with E-state index in [1.165, 1.54) is 0 Å². The first-order valence-corrected chi connectivity index (χ1v) is 6.14. The summed E-state index contributed by atoms with van der Waals surface area (Å²) in [5.74, 6) is 0.877. The van der Waals surface area contributed by atoms with E-state index >= 15 is 0 Å². The number of nitrogens with zero attached hydrogens (tertiary/aromatic N) is 4. The molecule has 6 nitrogen and oxygen atoms in total. The molecule has 0 spiro atoms. The van der Waals surface area contributed by atoms with Crippen molar-refractivity contribution in [2.45, 2.75) is 26.3 Å². The summed E-state index contributed by atoms with van der Waals surface area (Å²) >= 11 is 0. The zero-order valence-electron chi connectivity index (χ0n) is 11.1. The molecule has 2 aromatic rings. The molecular weight excluding hydrogens is 228 g/mol. The largest absolute Gasteiger partial charge is 0.394 e. The normalized spacial score (nSPS) is 10.8. The van der Waals surface area contributed by atoms with Crippen LogP contribution in [0.15, 0.2) is 12.4 Å². The Morgan fingerprint density at radius 1 is 1.39 bits per heavy atom. The minimum atomic E-state index is 0.698. The zero-order valence-corrected chi connectivity index (χ0v) is 11.1. The van der Waals surface area contributed by atoms with Crippen LogP contribution in [0.2, 0.25) is 0 Å². The van der Waals surface area contributed by atoms with Crippen molar-refractivity contribution < 1.29 is 0 Å². The van der Waals surface area contributed by atoms with Crippen molar-refractivity contribution in [3.05, 3.63) is 23.7 Å². The molecule has 0 radical (unpaired) electrons. The van der Waals surface area contributed by atoms with E-state index < -0.39 is 0 Å². The van der Waals surface area contributed by atoms with E-state index in [1.807, 2.05) is 26.5 Å². The Morgan fingerprint density at radius 2 is 2.17 bits per heavy atom. The second-order valence-electron chi connectivity index (χ2n) is 4.46. The topological polar surface area (TPSA) is 73.7 Å². The second kappa shape index (κ2) is 5.12. The maximum absolute atomic E-state index is 6.09. The maximum Gasteiger partial charge on any atom is 0.148 e. The van der Waals surface area contributed by atoms with E-state index in [0.717, 1.165) is 35.6 Å². The number of aryl methyl sites for hydroxylation is 3. The minimum absolute atomic E-state index is 0.698. The number of rotatable bonds is 5. The van der Waals surface area contributed by atoms with Gasteiger partial charge in [-0.3, -0.25) is 9.36 Å². The van der Waals surface area contributed by atoms with Gasteiger partial charge in [-0.15, -0.1) is 0 Å². The Balaban J connectivity index is 2.09. The summed E-state index contributed by atoms with van der Waals surface area (Å²) in [5, 5.41) is 11.9. The van der Waals surface area contributed by atoms with Crippen molar-refractivity contribution in [1.29, 1.82) is 0 Å². The molecule has 0 fully saturated rings. The fourth-order valence-electron chi connectivity index (χ4n) is 1.98. The van der Waals surface area contributed by atoms with Gasteiger partial charge >= 0.3 is 0 Å². The predicted molar refractivity (Wildman–Crippen MR) is 72.2 cm³/mol. The number of hydrogen-bond donors (Lipinski definition) is 2. The zero-order chi connectivity index (χ0) is 13.1. The standard InChI is InChI=1S/C12H20N6/c1-4-5-10-11(13)12(18(3)16-10)14-6-9-7-15-17(2)8-9/h7-8,14H,4-6,13H2,1-3H3. The van der Waals surface area contributed by atoms with Crippen LogP contribution in [0.25, 0.3) is 0 Å². The minimum Gasteiger partial charge on any atom is -0.394 e. The predicted octanol–water partition coefficient (Wildman–Crippen LogP) is 1.30. The van der Waals surface area contributed by atoms with E-state index in [0.29, 0.717) is 6.54 Å². The van der Waals surface area contributed by atoms with Crippen LogP contribution in [0.3, 0.4) is 0 Å². The molecule has 0 saturated heterocycles. The van der Waals surface area contributed by atoms with E-state index in [2.05, 4.69) is 22.4 Å². The summed E-state index contributed by atoms with van der Waals surface area (Å²) in [4.78, 5) is 0. The summed E-state index contributed by atoms with van der Waals surface area (Å²) in [5.41, 5.74) is 8.93. The van der Waals surface area contributed by atoms with Crippen LogP contribution in [0, 0.1) is 0 Å². The highest BCUT2D eigenvalue weighted by Gasteiger charge is 2.12. The van der Waals surface area contributed by atoms with Crippen LogP contribution in [0.1, 0.15) is 24.6 Å². The average Bonchev–Trinajstić information content (AvgIpc) is 2.84. The van der Waals surface area contributed by atoms with Crippen molar-refractivity contribution in [2.24, 2.45) is 14.1 Å². The third kappa shape index (κ3) is 2.47. The van der Waals surface area contributed by atoms with E-state index in [4.69, 9.17) is 5.73 Å². The van der Waals surface area contributed by atoms with E-state index in [-0.39, 0.29) is 0 Å². The van der Waals surface area contributed by atoms with Gasteiger partial charge in [0.25, 0.3) is 0 Å². The summed E-state index contributed by atoms with van der Waals surface area (Å²) < 4.78 is 3.59. The number of anilines is 2. The monoisotopic (exact) mass is 248 g/mol. The summed E-state index contributed by atoms with van der Waals surface area (Å²) in [6.45, 7) is 2.82. The van der Waals surface area contributed by atoms with Crippen molar-refractivity contribution >= 4 is 11.5 Å². The summed E-state index contributed by atoms with van der Waals surface area (Å²) in [6, 6.07) is 0. The molecule has 3 N–H and O–H groups in total. The molecule has 2 heterocycles. The molecule has 18 heavy (non-hydrogen) atoms. The van der Waals surface area contributed by atoms with E-state index in [1.54, 1.807) is 9.36 Å². The van der Waals surface area contributed by atoms with Gasteiger partial charge < -0.3 is 11.1 Å². The molecule has 0 saturated carbocycles. The van der Waals surface area contributed by atoms with Crippen LogP contribution < -0.4 is 11.1 Å². The summed E-state index contributed by atoms with van der Waals surface area (Å²) in [7, 11) is 3.81. The quantitative estimate of drug-likeness (QED) is 0.836. The number of nitrogen functional groups attached to an aromatic ring is 1. The van der Waals surface area contributed by atoms with Crippen LogP contribution in [-0.2, 0) is 27.1 Å². The Bertz CT molecular complexity index is 525. The first-order valence-electron chi connectivity index (χ1n) is 6.14. The highest BCUT2D eigenvalue weighted by molar-refractivity contribution is 5.65. The van der Waals surface area contributed by atoms with Crippen molar-refractivity contribution in [3.8, 4) is 0 Å². The van der Waals surface area contributed by atoms with E-state index in [9.17, 15) is 0 Å². The maximum atomic E-state index is 6.09. The summed E-state index contributed by atoms with van der Waals surface area (Å²) in [6.07, 6.45) is 5.77. The highest BCUT2D eigenvalue weighted by Crippen LogP contribution is 2.23.